The molecule has 34 heavy (non-hydrogen) atoms. The number of halogens is 1. The van der Waals surface area contributed by atoms with Crippen LogP contribution in [0.1, 0.15) is 47.7 Å². The van der Waals surface area contributed by atoms with Gasteiger partial charge in [-0.2, -0.15) is 11.3 Å². The molecular weight excluding hydrogens is 464 g/mol. The number of hydrogen-bond donors (Lipinski definition) is 1. The molecule has 3 aromatic rings. The molecule has 0 spiro atoms. The first-order valence-corrected chi connectivity index (χ1v) is 13.3. The smallest absolute Gasteiger partial charge is 0.253 e. The van der Waals surface area contributed by atoms with Gasteiger partial charge >= 0.3 is 0 Å². The molecule has 7 heteroatoms. The molecule has 1 atom stereocenters. The Balaban J connectivity index is 1.28. The molecule has 1 aliphatic rings. The highest BCUT2D eigenvalue weighted by atomic mass is 35.5. The van der Waals surface area contributed by atoms with Gasteiger partial charge in [-0.3, -0.25) is 9.78 Å². The zero-order valence-electron chi connectivity index (χ0n) is 19.9. The van der Waals surface area contributed by atoms with Gasteiger partial charge in [-0.1, -0.05) is 23.7 Å². The quantitative estimate of drug-likeness (QED) is 0.407. The minimum atomic E-state index is -0.0884. The van der Waals surface area contributed by atoms with Crippen LogP contribution in [0.25, 0.3) is 0 Å². The van der Waals surface area contributed by atoms with Crippen molar-refractivity contribution in [3.05, 3.63) is 81.3 Å². The van der Waals surface area contributed by atoms with Crippen molar-refractivity contribution < 1.29 is 4.79 Å². The van der Waals surface area contributed by atoms with E-state index in [2.05, 4.69) is 49.9 Å². The first-order chi connectivity index (χ1) is 16.5. The van der Waals surface area contributed by atoms with Crippen molar-refractivity contribution in [2.75, 3.05) is 24.5 Å². The maximum absolute atomic E-state index is 12.6. The molecule has 1 aliphatic heterocycles. The highest BCUT2D eigenvalue weighted by molar-refractivity contribution is 7.07. The number of carbonyl (C=O) groups is 1. The Morgan fingerprint density at radius 2 is 2.09 bits per heavy atom. The van der Waals surface area contributed by atoms with Gasteiger partial charge in [0.25, 0.3) is 5.91 Å². The third-order valence-corrected chi connectivity index (χ3v) is 7.82. The van der Waals surface area contributed by atoms with Crippen molar-refractivity contribution in [1.82, 2.24) is 15.2 Å². The van der Waals surface area contributed by atoms with Crippen LogP contribution >= 0.6 is 22.9 Å². The minimum Gasteiger partial charge on any atom is -0.363 e. The van der Waals surface area contributed by atoms with Crippen LogP contribution in [0.2, 0.25) is 5.02 Å². The topological polar surface area (TPSA) is 48.5 Å². The van der Waals surface area contributed by atoms with Crippen LogP contribution in [0.4, 0.5) is 5.69 Å². The predicted octanol–water partition coefficient (Wildman–Crippen LogP) is 5.78. The number of hydrogen-bond acceptors (Lipinski definition) is 5. The Hall–Kier alpha value is -2.41. The number of carbonyl (C=O) groups excluding carboxylic acids is 1. The summed E-state index contributed by atoms with van der Waals surface area (Å²) >= 11 is 7.99. The van der Waals surface area contributed by atoms with Crippen LogP contribution in [0, 0.1) is 6.92 Å². The fourth-order valence-corrected chi connectivity index (χ4v) is 5.72. The van der Waals surface area contributed by atoms with E-state index in [1.54, 1.807) is 17.4 Å². The van der Waals surface area contributed by atoms with E-state index in [1.807, 2.05) is 37.5 Å². The van der Waals surface area contributed by atoms with Crippen molar-refractivity contribution in [3.8, 4) is 0 Å². The Morgan fingerprint density at radius 3 is 2.76 bits per heavy atom. The summed E-state index contributed by atoms with van der Waals surface area (Å²) in [6.45, 7) is 7.86. The molecule has 4 rings (SSSR count). The van der Waals surface area contributed by atoms with Gasteiger partial charge in [0.2, 0.25) is 0 Å². The summed E-state index contributed by atoms with van der Waals surface area (Å²) in [6.07, 6.45) is 6.97. The second-order valence-electron chi connectivity index (χ2n) is 9.06. The van der Waals surface area contributed by atoms with Crippen molar-refractivity contribution in [2.45, 2.75) is 51.7 Å². The van der Waals surface area contributed by atoms with Crippen LogP contribution in [-0.4, -0.2) is 47.5 Å². The van der Waals surface area contributed by atoms with Crippen molar-refractivity contribution in [1.29, 1.82) is 0 Å². The number of rotatable bonds is 9. The van der Waals surface area contributed by atoms with Gasteiger partial charge in [-0.15, -0.1) is 0 Å². The Bertz CT molecular complexity index is 1030. The fraction of sp³-hybridized carbons (Fsp3) is 0.407. The number of aromatic nitrogens is 1. The SMILES string of the molecule is Cc1cccc(Cl)c1C(=O)NCCC(C)N1CCC(N(Cc2ccsc2)c2cccnc2)CC1. The van der Waals surface area contributed by atoms with E-state index >= 15 is 0 Å². The maximum atomic E-state index is 12.6. The van der Waals surface area contributed by atoms with Gasteiger partial charge in [0.1, 0.15) is 0 Å². The van der Waals surface area contributed by atoms with Crippen molar-refractivity contribution >= 4 is 34.5 Å². The van der Waals surface area contributed by atoms with E-state index in [-0.39, 0.29) is 5.91 Å². The summed E-state index contributed by atoms with van der Waals surface area (Å²) in [4.78, 5) is 22.0. The Kier molecular flexibility index (Phi) is 8.59. The highest BCUT2D eigenvalue weighted by Crippen LogP contribution is 2.27. The molecule has 3 heterocycles. The summed E-state index contributed by atoms with van der Waals surface area (Å²) in [6, 6.07) is 12.9. The summed E-state index contributed by atoms with van der Waals surface area (Å²) in [7, 11) is 0. The van der Waals surface area contributed by atoms with E-state index in [9.17, 15) is 4.79 Å². The molecule has 0 aliphatic carbocycles. The average molecular weight is 497 g/mol. The second-order valence-corrected chi connectivity index (χ2v) is 10.3. The monoisotopic (exact) mass is 496 g/mol. The summed E-state index contributed by atoms with van der Waals surface area (Å²) in [5.41, 5.74) is 4.03. The van der Waals surface area contributed by atoms with Crippen LogP contribution in [0.3, 0.4) is 0 Å². The van der Waals surface area contributed by atoms with Crippen LogP contribution in [-0.2, 0) is 6.54 Å². The number of aryl methyl sites for hydroxylation is 1. The van der Waals surface area contributed by atoms with Gasteiger partial charge in [-0.05, 0) is 79.3 Å². The number of pyridine rings is 1. The highest BCUT2D eigenvalue weighted by Gasteiger charge is 2.27. The van der Waals surface area contributed by atoms with E-state index in [4.69, 9.17) is 11.6 Å². The average Bonchev–Trinajstić information content (AvgIpc) is 3.36. The molecule has 1 fully saturated rings. The molecule has 0 bridgehead atoms. The first-order valence-electron chi connectivity index (χ1n) is 12.0. The molecule has 5 nitrogen and oxygen atoms in total. The number of anilines is 1. The molecule has 1 aromatic carbocycles. The normalized spacial score (nSPS) is 15.7. The van der Waals surface area contributed by atoms with Gasteiger partial charge in [0, 0.05) is 44.5 Å². The lowest BCUT2D eigenvalue weighted by Crippen LogP contribution is -2.48. The zero-order valence-corrected chi connectivity index (χ0v) is 21.5. The fourth-order valence-electron chi connectivity index (χ4n) is 4.76. The van der Waals surface area contributed by atoms with Crippen LogP contribution in [0.5, 0.6) is 0 Å². The molecule has 1 amide bonds. The molecule has 1 N–H and O–H groups in total. The maximum Gasteiger partial charge on any atom is 0.253 e. The third kappa shape index (κ3) is 6.17. The summed E-state index contributed by atoms with van der Waals surface area (Å²) in [5, 5.41) is 7.95. The lowest BCUT2D eigenvalue weighted by molar-refractivity contribution is 0.0944. The van der Waals surface area contributed by atoms with E-state index in [1.165, 1.54) is 11.3 Å². The predicted molar refractivity (Wildman–Crippen MR) is 142 cm³/mol. The summed E-state index contributed by atoms with van der Waals surface area (Å²) in [5.74, 6) is -0.0884. The number of amides is 1. The van der Waals surface area contributed by atoms with E-state index < -0.39 is 0 Å². The van der Waals surface area contributed by atoms with Gasteiger partial charge < -0.3 is 15.1 Å². The third-order valence-electron chi connectivity index (χ3n) is 6.77. The Morgan fingerprint density at radius 1 is 1.26 bits per heavy atom. The standard InChI is InChI=1S/C27H33ClN4OS/c1-20-5-3-7-25(28)26(20)27(33)30-13-8-21(2)31-14-9-23(10-15-31)32(18-22-11-16-34-19-22)24-6-4-12-29-17-24/h3-7,11-12,16-17,19,21,23H,8-10,13-15,18H2,1-2H3,(H,30,33). The molecule has 180 valence electrons. The molecular formula is C27H33ClN4OS. The van der Waals surface area contributed by atoms with Crippen LogP contribution < -0.4 is 10.2 Å². The number of piperidine rings is 1. The number of nitrogens with zero attached hydrogens (tertiary/aromatic N) is 3. The molecule has 1 unspecified atom stereocenters. The number of nitrogens with one attached hydrogen (secondary N) is 1. The minimum absolute atomic E-state index is 0.0884. The first kappa shape index (κ1) is 24.7. The second kappa shape index (κ2) is 11.8. The largest absolute Gasteiger partial charge is 0.363 e. The van der Waals surface area contributed by atoms with E-state index in [0.717, 1.165) is 44.5 Å². The molecule has 2 aromatic heterocycles. The number of likely N-dealkylation sites (tertiary alicyclic amines) is 1. The molecule has 0 saturated carbocycles. The van der Waals surface area contributed by atoms with Crippen LogP contribution in [0.15, 0.2) is 59.6 Å². The van der Waals surface area contributed by atoms with Crippen molar-refractivity contribution in [3.63, 3.8) is 0 Å². The van der Waals surface area contributed by atoms with Gasteiger partial charge in [0.15, 0.2) is 0 Å². The zero-order chi connectivity index (χ0) is 23.9. The lowest BCUT2D eigenvalue weighted by Gasteiger charge is -2.41. The van der Waals surface area contributed by atoms with Gasteiger partial charge in [-0.25, -0.2) is 0 Å². The summed E-state index contributed by atoms with van der Waals surface area (Å²) < 4.78 is 0. The van der Waals surface area contributed by atoms with E-state index in [0.29, 0.717) is 29.2 Å². The van der Waals surface area contributed by atoms with Crippen molar-refractivity contribution in [2.24, 2.45) is 0 Å². The lowest BCUT2D eigenvalue weighted by atomic mass is 9.99. The van der Waals surface area contributed by atoms with Gasteiger partial charge in [0.05, 0.1) is 22.5 Å². The number of thiophene rings is 1. The molecule has 1 saturated heterocycles. The number of benzene rings is 1. The molecule has 0 radical (unpaired) electrons. The Labute approximate surface area is 211 Å².